The van der Waals surface area contributed by atoms with Gasteiger partial charge in [-0.05, 0) is 25.5 Å². The third-order valence-corrected chi connectivity index (χ3v) is 2.06. The van der Waals surface area contributed by atoms with Crippen LogP contribution in [-0.2, 0) is 0 Å². The van der Waals surface area contributed by atoms with Gasteiger partial charge in [0.25, 0.3) is 0 Å². The first kappa shape index (κ1) is 9.78. The normalized spacial score (nSPS) is 9.85. The number of rotatable bonds is 2. The fraction of sp³-hybridized carbons (Fsp3) is 0.364. The van der Waals surface area contributed by atoms with Gasteiger partial charge in [0.05, 0.1) is 0 Å². The fourth-order valence-electron chi connectivity index (χ4n) is 1.54. The van der Waals surface area contributed by atoms with E-state index in [-0.39, 0.29) is 5.78 Å². The molecule has 0 aliphatic rings. The van der Waals surface area contributed by atoms with Crippen molar-refractivity contribution in [2.45, 2.75) is 13.8 Å². The topological polar surface area (TPSA) is 20.3 Å². The molecule has 1 aromatic carbocycles. The van der Waals surface area contributed by atoms with Gasteiger partial charge < -0.3 is 4.90 Å². The summed E-state index contributed by atoms with van der Waals surface area (Å²) < 4.78 is 0. The summed E-state index contributed by atoms with van der Waals surface area (Å²) in [6.45, 7) is 3.61. The molecule has 0 fully saturated rings. The molecule has 0 heterocycles. The van der Waals surface area contributed by atoms with Crippen LogP contribution in [0.3, 0.4) is 0 Å². The number of hydrogen-bond donors (Lipinski definition) is 0. The second-order valence-electron chi connectivity index (χ2n) is 3.42. The van der Waals surface area contributed by atoms with E-state index in [9.17, 15) is 4.79 Å². The van der Waals surface area contributed by atoms with Crippen molar-refractivity contribution in [2.75, 3.05) is 19.0 Å². The molecule has 0 atom stereocenters. The Balaban J connectivity index is 3.34. The van der Waals surface area contributed by atoms with Gasteiger partial charge in [0.15, 0.2) is 5.78 Å². The van der Waals surface area contributed by atoms with Gasteiger partial charge in [-0.15, -0.1) is 0 Å². The molecule has 0 saturated carbocycles. The molecule has 0 aromatic heterocycles. The Kier molecular flexibility index (Phi) is 2.71. The Hall–Kier alpha value is -1.31. The van der Waals surface area contributed by atoms with Crippen molar-refractivity contribution in [1.29, 1.82) is 0 Å². The highest BCUT2D eigenvalue weighted by Gasteiger charge is 2.10. The van der Waals surface area contributed by atoms with E-state index in [2.05, 4.69) is 0 Å². The van der Waals surface area contributed by atoms with Crippen molar-refractivity contribution in [2.24, 2.45) is 0 Å². The highest BCUT2D eigenvalue weighted by molar-refractivity contribution is 6.00. The summed E-state index contributed by atoms with van der Waals surface area (Å²) in [5.74, 6) is 0.118. The number of anilines is 1. The molecule has 0 aliphatic heterocycles. The Labute approximate surface area is 79.2 Å². The van der Waals surface area contributed by atoms with Crippen molar-refractivity contribution in [3.05, 3.63) is 29.3 Å². The first-order valence-electron chi connectivity index (χ1n) is 4.32. The van der Waals surface area contributed by atoms with Crippen molar-refractivity contribution in [3.63, 3.8) is 0 Å². The Morgan fingerprint density at radius 2 is 1.92 bits per heavy atom. The lowest BCUT2D eigenvalue weighted by molar-refractivity contribution is 0.101. The third-order valence-electron chi connectivity index (χ3n) is 2.06. The zero-order chi connectivity index (χ0) is 10.0. The monoisotopic (exact) mass is 177 g/mol. The molecule has 0 N–H and O–H groups in total. The minimum absolute atomic E-state index is 0.118. The molecular formula is C11H15NO. The zero-order valence-corrected chi connectivity index (χ0v) is 8.59. The number of para-hydroxylation sites is 1. The SMILES string of the molecule is CC(=O)c1cccc(C)c1N(C)C. The predicted molar refractivity (Wildman–Crippen MR) is 55.5 cm³/mol. The van der Waals surface area contributed by atoms with Crippen molar-refractivity contribution in [1.82, 2.24) is 0 Å². The maximum atomic E-state index is 11.3. The molecule has 0 spiro atoms. The lowest BCUT2D eigenvalue weighted by Gasteiger charge is -2.18. The van der Waals surface area contributed by atoms with E-state index < -0.39 is 0 Å². The van der Waals surface area contributed by atoms with Crippen LogP contribution < -0.4 is 4.90 Å². The van der Waals surface area contributed by atoms with Gasteiger partial charge in [-0.25, -0.2) is 0 Å². The molecule has 2 nitrogen and oxygen atoms in total. The minimum atomic E-state index is 0.118. The Morgan fingerprint density at radius 3 is 2.31 bits per heavy atom. The summed E-state index contributed by atoms with van der Waals surface area (Å²) in [6.07, 6.45) is 0. The van der Waals surface area contributed by atoms with E-state index in [4.69, 9.17) is 0 Å². The second-order valence-corrected chi connectivity index (χ2v) is 3.42. The predicted octanol–water partition coefficient (Wildman–Crippen LogP) is 2.26. The molecule has 0 bridgehead atoms. The van der Waals surface area contributed by atoms with Gasteiger partial charge in [-0.3, -0.25) is 4.79 Å². The molecule has 70 valence electrons. The second kappa shape index (κ2) is 3.60. The van der Waals surface area contributed by atoms with Gasteiger partial charge >= 0.3 is 0 Å². The first-order chi connectivity index (χ1) is 6.04. The van der Waals surface area contributed by atoms with Crippen LogP contribution in [0.5, 0.6) is 0 Å². The lowest BCUT2D eigenvalue weighted by atomic mass is 10.0. The molecule has 0 radical (unpaired) electrons. The molecule has 2 heteroatoms. The van der Waals surface area contributed by atoms with Gasteiger partial charge in [0.1, 0.15) is 0 Å². The number of Topliss-reactive ketones (excluding diaryl/α,β-unsaturated/α-hetero) is 1. The largest absolute Gasteiger partial charge is 0.377 e. The van der Waals surface area contributed by atoms with Crippen LogP contribution >= 0.6 is 0 Å². The number of carbonyl (C=O) groups excluding carboxylic acids is 1. The number of carbonyl (C=O) groups is 1. The molecule has 0 unspecified atom stereocenters. The minimum Gasteiger partial charge on any atom is -0.377 e. The van der Waals surface area contributed by atoms with Crippen molar-refractivity contribution >= 4 is 11.5 Å². The Morgan fingerprint density at radius 1 is 1.31 bits per heavy atom. The molecular weight excluding hydrogens is 162 g/mol. The van der Waals surface area contributed by atoms with Crippen LogP contribution in [0.25, 0.3) is 0 Å². The van der Waals surface area contributed by atoms with Gasteiger partial charge in [0.2, 0.25) is 0 Å². The van der Waals surface area contributed by atoms with Gasteiger partial charge in [0, 0.05) is 25.3 Å². The molecule has 0 saturated heterocycles. The zero-order valence-electron chi connectivity index (χ0n) is 8.59. The summed E-state index contributed by atoms with van der Waals surface area (Å²) >= 11 is 0. The summed E-state index contributed by atoms with van der Waals surface area (Å²) in [7, 11) is 3.91. The number of nitrogens with zero attached hydrogens (tertiary/aromatic N) is 1. The summed E-state index contributed by atoms with van der Waals surface area (Å²) in [4.78, 5) is 13.3. The standard InChI is InChI=1S/C11H15NO/c1-8-6-5-7-10(9(2)13)11(8)12(3)4/h5-7H,1-4H3. The number of aryl methyl sites for hydroxylation is 1. The fourth-order valence-corrected chi connectivity index (χ4v) is 1.54. The van der Waals surface area contributed by atoms with Crippen LogP contribution in [-0.4, -0.2) is 19.9 Å². The van der Waals surface area contributed by atoms with E-state index in [0.29, 0.717) is 0 Å². The summed E-state index contributed by atoms with van der Waals surface area (Å²) in [5, 5.41) is 0. The number of benzene rings is 1. The Bertz CT molecular complexity index is 329. The quantitative estimate of drug-likeness (QED) is 0.646. The first-order valence-corrected chi connectivity index (χ1v) is 4.32. The average molecular weight is 177 g/mol. The average Bonchev–Trinajstić information content (AvgIpc) is 2.02. The van der Waals surface area contributed by atoms with E-state index in [1.807, 2.05) is 44.1 Å². The maximum absolute atomic E-state index is 11.3. The maximum Gasteiger partial charge on any atom is 0.161 e. The summed E-state index contributed by atoms with van der Waals surface area (Å²) in [6, 6.07) is 5.80. The van der Waals surface area contributed by atoms with Crippen molar-refractivity contribution in [3.8, 4) is 0 Å². The van der Waals surface area contributed by atoms with E-state index in [1.54, 1.807) is 6.92 Å². The summed E-state index contributed by atoms with van der Waals surface area (Å²) in [5.41, 5.74) is 2.96. The molecule has 13 heavy (non-hydrogen) atoms. The third kappa shape index (κ3) is 1.89. The van der Waals surface area contributed by atoms with E-state index in [1.165, 1.54) is 0 Å². The van der Waals surface area contributed by atoms with Crippen LogP contribution in [0.1, 0.15) is 22.8 Å². The van der Waals surface area contributed by atoms with E-state index >= 15 is 0 Å². The highest BCUT2D eigenvalue weighted by atomic mass is 16.1. The van der Waals surface area contributed by atoms with Crippen LogP contribution in [0.15, 0.2) is 18.2 Å². The van der Waals surface area contributed by atoms with Crippen molar-refractivity contribution < 1.29 is 4.79 Å². The van der Waals surface area contributed by atoms with E-state index in [0.717, 1.165) is 16.8 Å². The number of ketones is 1. The smallest absolute Gasteiger partial charge is 0.161 e. The molecule has 0 aliphatic carbocycles. The van der Waals surface area contributed by atoms with Crippen LogP contribution in [0, 0.1) is 6.92 Å². The van der Waals surface area contributed by atoms with Gasteiger partial charge in [-0.1, -0.05) is 12.1 Å². The lowest BCUT2D eigenvalue weighted by Crippen LogP contribution is -2.14. The highest BCUT2D eigenvalue weighted by Crippen LogP contribution is 2.23. The van der Waals surface area contributed by atoms with Gasteiger partial charge in [-0.2, -0.15) is 0 Å². The number of hydrogen-bond acceptors (Lipinski definition) is 2. The molecule has 1 rings (SSSR count). The van der Waals surface area contributed by atoms with Crippen LogP contribution in [0.4, 0.5) is 5.69 Å². The molecule has 1 aromatic rings. The molecule has 0 amide bonds. The van der Waals surface area contributed by atoms with Crippen LogP contribution in [0.2, 0.25) is 0 Å².